The molecule has 2 N–H and O–H groups in total. The number of hydrogen-bond donors (Lipinski definition) is 2. The first-order valence-corrected chi connectivity index (χ1v) is 5.84. The van der Waals surface area contributed by atoms with E-state index in [1.165, 1.54) is 5.57 Å². The third-order valence-corrected chi connectivity index (χ3v) is 4.81. The molecule has 2 saturated carbocycles. The van der Waals surface area contributed by atoms with E-state index < -0.39 is 0 Å². The zero-order valence-corrected chi connectivity index (χ0v) is 8.79. The first kappa shape index (κ1) is 8.48. The first-order chi connectivity index (χ1) is 7.26. The molecule has 5 atom stereocenters. The lowest BCUT2D eigenvalue weighted by Gasteiger charge is -2.38. The number of carbonyl (C=O) groups excluding carboxylic acids is 1. The van der Waals surface area contributed by atoms with Gasteiger partial charge >= 0.3 is 0 Å². The van der Waals surface area contributed by atoms with Crippen LogP contribution in [0.4, 0.5) is 0 Å². The van der Waals surface area contributed by atoms with Gasteiger partial charge in [-0.05, 0) is 17.9 Å². The van der Waals surface area contributed by atoms with Gasteiger partial charge in [-0.15, -0.1) is 0 Å². The van der Waals surface area contributed by atoms with Gasteiger partial charge < -0.3 is 10.6 Å². The highest BCUT2D eigenvalue weighted by atomic mass is 16.1. The van der Waals surface area contributed by atoms with Gasteiger partial charge in [0.25, 0.3) is 0 Å². The van der Waals surface area contributed by atoms with E-state index in [2.05, 4.69) is 23.6 Å². The monoisotopic (exact) mass is 203 g/mol. The zero-order chi connectivity index (χ0) is 10.2. The fraction of sp³-hybridized carbons (Fsp3) is 0.667. The van der Waals surface area contributed by atoms with Gasteiger partial charge in [0, 0.05) is 31.1 Å². The van der Waals surface area contributed by atoms with Crippen molar-refractivity contribution in [2.24, 2.45) is 17.3 Å². The number of Topliss-reactive ketones (excluding diaryl/α,β-unsaturated/α-hetero) is 1. The molecule has 2 aliphatic carbocycles. The van der Waals surface area contributed by atoms with Crippen molar-refractivity contribution in [2.75, 3.05) is 6.54 Å². The van der Waals surface area contributed by atoms with Crippen LogP contribution in [0.2, 0.25) is 0 Å². The summed E-state index contributed by atoms with van der Waals surface area (Å²) in [6, 6.07) is 0.843. The standard InChI is InChI=1S/C12H15N2O/c1-6-4-9-7(2-3-13-9)12-8(11(12)15)5-14-10(6)12/h2-3,6,8-10,13-14H,4-5H2,1H3. The maximum Gasteiger partial charge on any atom is 0.151 e. The van der Waals surface area contributed by atoms with Crippen molar-refractivity contribution in [3.8, 4) is 0 Å². The largest absolute Gasteiger partial charge is 0.312 e. The molecular formula is C12H15N2O. The fourth-order valence-corrected chi connectivity index (χ4v) is 4.17. The van der Waals surface area contributed by atoms with E-state index in [4.69, 9.17) is 0 Å². The summed E-state index contributed by atoms with van der Waals surface area (Å²) < 4.78 is 0. The van der Waals surface area contributed by atoms with Crippen LogP contribution in [0.25, 0.3) is 0 Å². The summed E-state index contributed by atoms with van der Waals surface area (Å²) in [5, 5.41) is 6.91. The number of piperidine rings is 1. The van der Waals surface area contributed by atoms with Gasteiger partial charge in [0.1, 0.15) is 0 Å². The number of nitrogens with one attached hydrogen (secondary N) is 2. The van der Waals surface area contributed by atoms with Crippen molar-refractivity contribution in [1.82, 2.24) is 10.6 Å². The average molecular weight is 203 g/mol. The normalized spacial score (nSPS) is 55.8. The number of ketones is 1. The van der Waals surface area contributed by atoms with Crippen LogP contribution < -0.4 is 10.6 Å². The molecule has 0 amide bonds. The van der Waals surface area contributed by atoms with Crippen LogP contribution in [-0.2, 0) is 4.79 Å². The highest BCUT2D eigenvalue weighted by Gasteiger charge is 2.76. The van der Waals surface area contributed by atoms with Crippen LogP contribution in [0.1, 0.15) is 13.3 Å². The Labute approximate surface area is 89.3 Å². The van der Waals surface area contributed by atoms with E-state index >= 15 is 0 Å². The van der Waals surface area contributed by atoms with Gasteiger partial charge in [0.2, 0.25) is 0 Å². The smallest absolute Gasteiger partial charge is 0.151 e. The summed E-state index contributed by atoms with van der Waals surface area (Å²) in [5.41, 5.74) is 1.27. The second-order valence-electron chi connectivity index (χ2n) is 5.39. The van der Waals surface area contributed by atoms with Crippen LogP contribution in [0.5, 0.6) is 0 Å². The van der Waals surface area contributed by atoms with Gasteiger partial charge in [-0.3, -0.25) is 4.79 Å². The summed E-state index contributed by atoms with van der Waals surface area (Å²) in [4.78, 5) is 12.0. The van der Waals surface area contributed by atoms with Crippen LogP contribution in [0, 0.1) is 23.8 Å². The molecule has 5 unspecified atom stereocenters. The molecule has 0 bridgehead atoms. The lowest BCUT2D eigenvalue weighted by molar-refractivity contribution is -0.114. The number of carbonyl (C=O) groups is 1. The van der Waals surface area contributed by atoms with Crippen molar-refractivity contribution in [2.45, 2.75) is 25.4 Å². The Morgan fingerprint density at radius 1 is 1.53 bits per heavy atom. The zero-order valence-electron chi connectivity index (χ0n) is 8.79. The molecule has 4 aliphatic rings. The minimum Gasteiger partial charge on any atom is -0.312 e. The molecule has 3 fully saturated rings. The Balaban J connectivity index is 1.86. The number of fused-ring (bicyclic) bond motifs is 1. The minimum absolute atomic E-state index is 0.0949. The summed E-state index contributed by atoms with van der Waals surface area (Å²) >= 11 is 0. The van der Waals surface area contributed by atoms with E-state index in [0.717, 1.165) is 13.0 Å². The Morgan fingerprint density at radius 3 is 3.20 bits per heavy atom. The molecule has 0 aromatic rings. The van der Waals surface area contributed by atoms with Crippen molar-refractivity contribution in [1.29, 1.82) is 0 Å². The lowest BCUT2D eigenvalue weighted by Crippen LogP contribution is -2.49. The first-order valence-electron chi connectivity index (χ1n) is 5.84. The Bertz CT molecular complexity index is 389. The molecule has 3 nitrogen and oxygen atoms in total. The summed E-state index contributed by atoms with van der Waals surface area (Å²) in [7, 11) is 0. The molecule has 2 heterocycles. The molecule has 4 rings (SSSR count). The quantitative estimate of drug-likeness (QED) is 0.592. The highest BCUT2D eigenvalue weighted by molar-refractivity contribution is 6.09. The van der Waals surface area contributed by atoms with E-state index in [9.17, 15) is 4.79 Å². The van der Waals surface area contributed by atoms with E-state index in [1.807, 2.05) is 6.54 Å². The van der Waals surface area contributed by atoms with Crippen molar-refractivity contribution in [3.63, 3.8) is 0 Å². The lowest BCUT2D eigenvalue weighted by atomic mass is 9.70. The van der Waals surface area contributed by atoms with Gasteiger partial charge in [-0.2, -0.15) is 0 Å². The molecule has 1 spiro atoms. The molecule has 0 aromatic heterocycles. The van der Waals surface area contributed by atoms with Gasteiger partial charge in [0.05, 0.1) is 5.41 Å². The van der Waals surface area contributed by atoms with Crippen LogP contribution in [0.15, 0.2) is 11.6 Å². The maximum absolute atomic E-state index is 12.0. The fourth-order valence-electron chi connectivity index (χ4n) is 4.17. The summed E-state index contributed by atoms with van der Waals surface area (Å²) in [5.74, 6) is 1.38. The van der Waals surface area contributed by atoms with E-state index in [-0.39, 0.29) is 11.3 Å². The van der Waals surface area contributed by atoms with Crippen molar-refractivity contribution in [3.05, 3.63) is 18.2 Å². The molecule has 1 radical (unpaired) electrons. The van der Waals surface area contributed by atoms with Crippen LogP contribution in [0.3, 0.4) is 0 Å². The third kappa shape index (κ3) is 0.733. The third-order valence-electron chi connectivity index (χ3n) is 4.81. The minimum atomic E-state index is -0.0949. The Morgan fingerprint density at radius 2 is 2.40 bits per heavy atom. The highest BCUT2D eigenvalue weighted by Crippen LogP contribution is 2.65. The number of rotatable bonds is 0. The van der Waals surface area contributed by atoms with Crippen LogP contribution >= 0.6 is 0 Å². The van der Waals surface area contributed by atoms with Crippen molar-refractivity contribution >= 4 is 5.78 Å². The van der Waals surface area contributed by atoms with Crippen molar-refractivity contribution < 1.29 is 4.79 Å². The molecule has 3 heteroatoms. The molecule has 79 valence electrons. The topological polar surface area (TPSA) is 41.1 Å². The molecule has 2 aliphatic heterocycles. The SMILES string of the molecule is CC1CC2N[CH]C=C2C23C(=O)C2CNC13. The summed E-state index contributed by atoms with van der Waals surface area (Å²) in [6.45, 7) is 5.19. The van der Waals surface area contributed by atoms with Gasteiger partial charge in [-0.25, -0.2) is 0 Å². The Kier molecular flexibility index (Phi) is 1.33. The molecule has 15 heavy (non-hydrogen) atoms. The predicted molar refractivity (Wildman–Crippen MR) is 55.8 cm³/mol. The van der Waals surface area contributed by atoms with E-state index in [1.54, 1.807) is 0 Å². The van der Waals surface area contributed by atoms with Crippen LogP contribution in [-0.4, -0.2) is 24.4 Å². The average Bonchev–Trinajstić information content (AvgIpc) is 2.62. The predicted octanol–water partition coefficient (Wildman–Crippen LogP) is 0.243. The maximum atomic E-state index is 12.0. The summed E-state index contributed by atoms with van der Waals surface area (Å²) in [6.07, 6.45) is 3.30. The number of hydrogen-bond acceptors (Lipinski definition) is 3. The van der Waals surface area contributed by atoms with Gasteiger partial charge in [0.15, 0.2) is 5.78 Å². The molecular weight excluding hydrogens is 188 g/mol. The molecule has 0 aromatic carbocycles. The molecule has 1 saturated heterocycles. The van der Waals surface area contributed by atoms with Gasteiger partial charge in [-0.1, -0.05) is 13.0 Å². The second kappa shape index (κ2) is 2.36. The van der Waals surface area contributed by atoms with E-state index in [0.29, 0.717) is 23.8 Å². The second-order valence-corrected chi connectivity index (χ2v) is 5.39. The Hall–Kier alpha value is -0.670.